The number of likely N-dealkylation sites (tertiary alicyclic amines) is 1. The van der Waals surface area contributed by atoms with E-state index < -0.39 is 17.7 Å². The fraction of sp³-hybridized carbons (Fsp3) is 0.429. The van der Waals surface area contributed by atoms with E-state index in [2.05, 4.69) is 4.90 Å². The number of carbonyl (C=O) groups excluding carboxylic acids is 2. The number of rotatable bonds is 7. The minimum absolute atomic E-state index is 0.0597. The molecule has 2 fully saturated rings. The van der Waals surface area contributed by atoms with Crippen LogP contribution in [0, 0.1) is 0 Å². The Bertz CT molecular complexity index is 1190. The molecule has 8 nitrogen and oxygen atoms in total. The predicted molar refractivity (Wildman–Crippen MR) is 134 cm³/mol. The fourth-order valence-corrected chi connectivity index (χ4v) is 5.20. The zero-order chi connectivity index (χ0) is 25.2. The topological polar surface area (TPSA) is 88.5 Å². The monoisotopic (exact) mass is 492 g/mol. The summed E-state index contributed by atoms with van der Waals surface area (Å²) >= 11 is 0. The number of fused-ring (bicyclic) bond motifs is 1. The van der Waals surface area contributed by atoms with E-state index in [4.69, 9.17) is 14.2 Å². The van der Waals surface area contributed by atoms with Gasteiger partial charge < -0.3 is 24.2 Å². The highest BCUT2D eigenvalue weighted by Gasteiger charge is 2.46. The van der Waals surface area contributed by atoms with E-state index in [0.29, 0.717) is 44.2 Å². The van der Waals surface area contributed by atoms with Gasteiger partial charge in [0.1, 0.15) is 23.4 Å². The molecule has 3 heterocycles. The second-order valence-electron chi connectivity index (χ2n) is 9.41. The average Bonchev–Trinajstić information content (AvgIpc) is 3.38. The second-order valence-corrected chi connectivity index (χ2v) is 9.41. The van der Waals surface area contributed by atoms with Gasteiger partial charge in [0.25, 0.3) is 11.7 Å². The molecule has 1 amide bonds. The normalized spacial score (nSPS) is 23.6. The molecular weight excluding hydrogens is 460 g/mol. The van der Waals surface area contributed by atoms with Gasteiger partial charge in [0.2, 0.25) is 0 Å². The maximum atomic E-state index is 13.4. The maximum absolute atomic E-state index is 13.4. The van der Waals surface area contributed by atoms with Crippen LogP contribution in [0.15, 0.2) is 48.0 Å². The van der Waals surface area contributed by atoms with E-state index in [1.54, 1.807) is 11.0 Å². The van der Waals surface area contributed by atoms with Gasteiger partial charge in [-0.05, 0) is 55.3 Å². The summed E-state index contributed by atoms with van der Waals surface area (Å²) in [5.74, 6) is -0.0130. The molecule has 2 atom stereocenters. The number of hydrogen-bond acceptors (Lipinski definition) is 7. The Kier molecular flexibility index (Phi) is 6.98. The summed E-state index contributed by atoms with van der Waals surface area (Å²) < 4.78 is 16.9. The van der Waals surface area contributed by atoms with E-state index in [0.717, 1.165) is 36.4 Å². The average molecular weight is 493 g/mol. The number of aliphatic hydroxyl groups is 1. The summed E-state index contributed by atoms with van der Waals surface area (Å²) in [6.07, 6.45) is 0.786. The Labute approximate surface area is 211 Å². The van der Waals surface area contributed by atoms with Gasteiger partial charge in [-0.15, -0.1) is 0 Å². The van der Waals surface area contributed by atoms with Crippen molar-refractivity contribution in [3.8, 4) is 11.5 Å². The van der Waals surface area contributed by atoms with Crippen LogP contribution in [0.1, 0.15) is 36.6 Å². The van der Waals surface area contributed by atoms with Gasteiger partial charge in [0.15, 0.2) is 0 Å². The highest BCUT2D eigenvalue weighted by atomic mass is 16.5. The van der Waals surface area contributed by atoms with Crippen molar-refractivity contribution in [2.24, 2.45) is 0 Å². The molecule has 3 aliphatic heterocycles. The summed E-state index contributed by atoms with van der Waals surface area (Å²) in [4.78, 5) is 30.4. The number of nitrogens with zero attached hydrogens (tertiary/aromatic N) is 2. The quantitative estimate of drug-likeness (QED) is 0.361. The molecule has 0 saturated carbocycles. The van der Waals surface area contributed by atoms with Gasteiger partial charge in [-0.3, -0.25) is 14.5 Å². The van der Waals surface area contributed by atoms with Crippen LogP contribution in [-0.4, -0.2) is 78.7 Å². The summed E-state index contributed by atoms with van der Waals surface area (Å²) in [7, 11) is 0. The third-order valence-electron chi connectivity index (χ3n) is 6.96. The first-order valence-electron chi connectivity index (χ1n) is 12.6. The Balaban J connectivity index is 1.54. The highest BCUT2D eigenvalue weighted by Crippen LogP contribution is 2.41. The number of Topliss-reactive ketones (excluding diaryl/α,β-unsaturated/α-hetero) is 1. The lowest BCUT2D eigenvalue weighted by Gasteiger charge is -2.31. The maximum Gasteiger partial charge on any atom is 0.295 e. The third-order valence-corrected chi connectivity index (χ3v) is 6.96. The Morgan fingerprint density at radius 1 is 1.11 bits per heavy atom. The molecule has 0 radical (unpaired) electrons. The minimum Gasteiger partial charge on any atom is -0.507 e. The standard InChI is InChI=1S/C28H32N2O6/c1-3-35-22-6-4-5-19(17-22)25-24(26(31)20-7-8-23-21(16-20)15-18(2)36-23)27(32)28(33)30(25)10-9-29-11-13-34-14-12-29/h4-8,16-18,25,31H,3,9-15H2,1-2H3/b26-24+/t18-,25-/m0/s1. The van der Waals surface area contributed by atoms with Crippen molar-refractivity contribution in [3.05, 3.63) is 64.7 Å². The molecule has 2 saturated heterocycles. The molecule has 0 spiro atoms. The van der Waals surface area contributed by atoms with E-state index in [1.807, 2.05) is 50.2 Å². The number of carbonyl (C=O) groups is 2. The largest absolute Gasteiger partial charge is 0.507 e. The first kappa shape index (κ1) is 24.3. The van der Waals surface area contributed by atoms with Gasteiger partial charge in [0, 0.05) is 38.2 Å². The van der Waals surface area contributed by atoms with Gasteiger partial charge >= 0.3 is 0 Å². The van der Waals surface area contributed by atoms with Crippen molar-refractivity contribution in [2.45, 2.75) is 32.4 Å². The summed E-state index contributed by atoms with van der Waals surface area (Å²) in [6, 6.07) is 12.1. The summed E-state index contributed by atoms with van der Waals surface area (Å²) in [5.41, 5.74) is 2.30. The molecule has 2 aromatic rings. The highest BCUT2D eigenvalue weighted by molar-refractivity contribution is 6.46. The molecule has 8 heteroatoms. The summed E-state index contributed by atoms with van der Waals surface area (Å²) in [6.45, 7) is 8.24. The number of hydrogen-bond donors (Lipinski definition) is 1. The molecule has 190 valence electrons. The van der Waals surface area contributed by atoms with Gasteiger partial charge in [0.05, 0.1) is 31.4 Å². The van der Waals surface area contributed by atoms with E-state index >= 15 is 0 Å². The van der Waals surface area contributed by atoms with Crippen molar-refractivity contribution in [3.63, 3.8) is 0 Å². The van der Waals surface area contributed by atoms with Crippen LogP contribution in [0.4, 0.5) is 0 Å². The van der Waals surface area contributed by atoms with E-state index in [1.165, 1.54) is 0 Å². The third kappa shape index (κ3) is 4.70. The first-order chi connectivity index (χ1) is 17.5. The molecule has 2 aromatic carbocycles. The van der Waals surface area contributed by atoms with Crippen molar-refractivity contribution < 1.29 is 28.9 Å². The lowest BCUT2D eigenvalue weighted by molar-refractivity contribution is -0.140. The number of amides is 1. The van der Waals surface area contributed by atoms with Crippen LogP contribution >= 0.6 is 0 Å². The minimum atomic E-state index is -0.713. The first-order valence-corrected chi connectivity index (χ1v) is 12.6. The molecule has 0 unspecified atom stereocenters. The van der Waals surface area contributed by atoms with Crippen LogP contribution in [0.5, 0.6) is 11.5 Å². The summed E-state index contributed by atoms with van der Waals surface area (Å²) in [5, 5.41) is 11.4. The molecule has 36 heavy (non-hydrogen) atoms. The Morgan fingerprint density at radius 2 is 1.92 bits per heavy atom. The Hall–Kier alpha value is -3.36. The molecule has 5 rings (SSSR count). The Morgan fingerprint density at radius 3 is 2.69 bits per heavy atom. The van der Waals surface area contributed by atoms with Gasteiger partial charge in [-0.25, -0.2) is 0 Å². The van der Waals surface area contributed by atoms with Crippen LogP contribution in [0.25, 0.3) is 5.76 Å². The number of ketones is 1. The molecule has 1 N–H and O–H groups in total. The number of aliphatic hydroxyl groups excluding tert-OH is 1. The second kappa shape index (κ2) is 10.3. The van der Waals surface area contributed by atoms with E-state index in [9.17, 15) is 14.7 Å². The molecule has 0 aliphatic carbocycles. The number of benzene rings is 2. The lowest BCUT2D eigenvalue weighted by Crippen LogP contribution is -2.42. The van der Waals surface area contributed by atoms with Crippen LogP contribution in [0.3, 0.4) is 0 Å². The lowest BCUT2D eigenvalue weighted by atomic mass is 9.94. The van der Waals surface area contributed by atoms with Gasteiger partial charge in [-0.2, -0.15) is 0 Å². The molecular formula is C28H32N2O6. The SMILES string of the molecule is CCOc1cccc([C@H]2/C(=C(\O)c3ccc4c(c3)C[C@H](C)O4)C(=O)C(=O)N2CCN2CCOCC2)c1. The predicted octanol–water partition coefficient (Wildman–Crippen LogP) is 3.16. The van der Waals surface area contributed by atoms with Crippen molar-refractivity contribution in [1.29, 1.82) is 0 Å². The smallest absolute Gasteiger partial charge is 0.295 e. The fourth-order valence-electron chi connectivity index (χ4n) is 5.20. The zero-order valence-electron chi connectivity index (χ0n) is 20.7. The van der Waals surface area contributed by atoms with Crippen molar-refractivity contribution in [2.75, 3.05) is 46.0 Å². The van der Waals surface area contributed by atoms with Gasteiger partial charge in [-0.1, -0.05) is 12.1 Å². The van der Waals surface area contributed by atoms with Crippen LogP contribution < -0.4 is 9.47 Å². The number of morpholine rings is 1. The molecule has 3 aliphatic rings. The number of ether oxygens (including phenoxy) is 3. The molecule has 0 bridgehead atoms. The van der Waals surface area contributed by atoms with Crippen LogP contribution in [0.2, 0.25) is 0 Å². The van der Waals surface area contributed by atoms with Crippen molar-refractivity contribution >= 4 is 17.4 Å². The zero-order valence-corrected chi connectivity index (χ0v) is 20.7. The van der Waals surface area contributed by atoms with E-state index in [-0.39, 0.29) is 17.4 Å². The van der Waals surface area contributed by atoms with Crippen molar-refractivity contribution in [1.82, 2.24) is 9.80 Å². The molecule has 0 aromatic heterocycles. The van der Waals surface area contributed by atoms with Crippen LogP contribution in [-0.2, 0) is 20.7 Å².